The predicted molar refractivity (Wildman–Crippen MR) is 79.4 cm³/mol. The third-order valence-corrected chi connectivity index (χ3v) is 3.39. The number of methoxy groups -OCH3 is 2. The molecule has 0 aliphatic carbocycles. The smallest absolute Gasteiger partial charge is 0.0992 e. The van der Waals surface area contributed by atoms with Crippen molar-refractivity contribution >= 4 is 21.6 Å². The van der Waals surface area contributed by atoms with E-state index in [9.17, 15) is 0 Å². The van der Waals surface area contributed by atoms with Crippen LogP contribution in [0.25, 0.3) is 0 Å². The fourth-order valence-electron chi connectivity index (χ4n) is 1.79. The van der Waals surface area contributed by atoms with Gasteiger partial charge in [-0.25, -0.2) is 0 Å². The largest absolute Gasteiger partial charge is 0.385 e. The Morgan fingerprint density at radius 2 is 1.95 bits per heavy atom. The van der Waals surface area contributed by atoms with Crippen LogP contribution in [0.1, 0.15) is 12.0 Å². The minimum atomic E-state index is 0.652. The van der Waals surface area contributed by atoms with Crippen LogP contribution in [0.4, 0.5) is 5.69 Å². The van der Waals surface area contributed by atoms with Gasteiger partial charge in [-0.3, -0.25) is 0 Å². The molecule has 0 aliphatic heterocycles. The summed E-state index contributed by atoms with van der Waals surface area (Å²) in [6.07, 6.45) is 0.951. The lowest BCUT2D eigenvalue weighted by Gasteiger charge is -2.25. The van der Waals surface area contributed by atoms with Crippen LogP contribution in [0, 0.1) is 11.3 Å². The highest BCUT2D eigenvalue weighted by Gasteiger charge is 2.10. The molecule has 0 unspecified atom stereocenters. The number of halogens is 1. The highest BCUT2D eigenvalue weighted by Crippen LogP contribution is 2.27. The van der Waals surface area contributed by atoms with Gasteiger partial charge in [0.1, 0.15) is 0 Å². The highest BCUT2D eigenvalue weighted by atomic mass is 79.9. The van der Waals surface area contributed by atoms with Gasteiger partial charge in [0.15, 0.2) is 0 Å². The zero-order valence-electron chi connectivity index (χ0n) is 11.4. The molecule has 1 aromatic rings. The van der Waals surface area contributed by atoms with E-state index in [1.165, 1.54) is 0 Å². The van der Waals surface area contributed by atoms with Crippen molar-refractivity contribution in [3.63, 3.8) is 0 Å². The minimum absolute atomic E-state index is 0.652. The van der Waals surface area contributed by atoms with Gasteiger partial charge in [0.25, 0.3) is 0 Å². The SMILES string of the molecule is COCCCN(CCOC)c1ccc(C#N)cc1Br. The van der Waals surface area contributed by atoms with Gasteiger partial charge in [-0.05, 0) is 40.5 Å². The van der Waals surface area contributed by atoms with E-state index in [0.29, 0.717) is 12.2 Å². The number of hydrogen-bond donors (Lipinski definition) is 0. The Balaban J connectivity index is 2.80. The van der Waals surface area contributed by atoms with Crippen molar-refractivity contribution in [3.05, 3.63) is 28.2 Å². The molecule has 0 N–H and O–H groups in total. The van der Waals surface area contributed by atoms with E-state index < -0.39 is 0 Å². The average Bonchev–Trinajstić information content (AvgIpc) is 2.43. The van der Waals surface area contributed by atoms with E-state index in [0.717, 1.165) is 36.3 Å². The second-order valence-corrected chi connectivity index (χ2v) is 4.96. The summed E-state index contributed by atoms with van der Waals surface area (Å²) in [6, 6.07) is 7.77. The van der Waals surface area contributed by atoms with Crippen molar-refractivity contribution < 1.29 is 9.47 Å². The number of anilines is 1. The van der Waals surface area contributed by atoms with Gasteiger partial charge in [-0.1, -0.05) is 0 Å². The van der Waals surface area contributed by atoms with E-state index in [2.05, 4.69) is 26.9 Å². The Hall–Kier alpha value is -1.09. The molecule has 0 saturated carbocycles. The van der Waals surface area contributed by atoms with E-state index in [-0.39, 0.29) is 0 Å². The number of nitriles is 1. The molecule has 0 amide bonds. The standard InChI is InChI=1S/C14H19BrN2O2/c1-18-8-3-6-17(7-9-19-2)14-5-4-12(11-16)10-13(14)15/h4-5,10H,3,6-9H2,1-2H3. The van der Waals surface area contributed by atoms with E-state index in [1.54, 1.807) is 14.2 Å². The van der Waals surface area contributed by atoms with Crippen molar-refractivity contribution in [3.8, 4) is 6.07 Å². The Morgan fingerprint density at radius 3 is 2.53 bits per heavy atom. The summed E-state index contributed by atoms with van der Waals surface area (Å²) in [6.45, 7) is 3.10. The monoisotopic (exact) mass is 326 g/mol. The molecule has 4 nitrogen and oxygen atoms in total. The van der Waals surface area contributed by atoms with Gasteiger partial charge in [0.2, 0.25) is 0 Å². The second kappa shape index (κ2) is 8.92. The van der Waals surface area contributed by atoms with Crippen molar-refractivity contribution in [1.29, 1.82) is 5.26 Å². The molecular formula is C14H19BrN2O2. The van der Waals surface area contributed by atoms with Crippen molar-refractivity contribution in [2.24, 2.45) is 0 Å². The highest BCUT2D eigenvalue weighted by molar-refractivity contribution is 9.10. The quantitative estimate of drug-likeness (QED) is 0.689. The fourth-order valence-corrected chi connectivity index (χ4v) is 2.42. The molecule has 5 heteroatoms. The lowest BCUT2D eigenvalue weighted by Crippen LogP contribution is -2.29. The molecule has 0 radical (unpaired) electrons. The van der Waals surface area contributed by atoms with Crippen molar-refractivity contribution in [1.82, 2.24) is 0 Å². The lowest BCUT2D eigenvalue weighted by molar-refractivity contribution is 0.191. The van der Waals surface area contributed by atoms with Gasteiger partial charge < -0.3 is 14.4 Å². The maximum Gasteiger partial charge on any atom is 0.0992 e. The summed E-state index contributed by atoms with van der Waals surface area (Å²) in [4.78, 5) is 2.23. The zero-order valence-corrected chi connectivity index (χ0v) is 12.9. The normalized spacial score (nSPS) is 10.2. The van der Waals surface area contributed by atoms with Crippen LogP contribution in [0.2, 0.25) is 0 Å². The van der Waals surface area contributed by atoms with Crippen LogP contribution in [-0.4, -0.2) is 40.5 Å². The number of nitrogens with zero attached hydrogens (tertiary/aromatic N) is 2. The van der Waals surface area contributed by atoms with Crippen LogP contribution in [0.15, 0.2) is 22.7 Å². The Bertz CT molecular complexity index is 432. The van der Waals surface area contributed by atoms with E-state index >= 15 is 0 Å². The maximum absolute atomic E-state index is 8.89. The van der Waals surface area contributed by atoms with Crippen molar-refractivity contribution in [2.75, 3.05) is 45.4 Å². The number of hydrogen-bond acceptors (Lipinski definition) is 4. The third kappa shape index (κ3) is 5.19. The summed E-state index contributed by atoms with van der Waals surface area (Å²) in [7, 11) is 3.40. The Morgan fingerprint density at radius 1 is 1.21 bits per heavy atom. The number of benzene rings is 1. The maximum atomic E-state index is 8.89. The molecule has 0 saturated heterocycles. The molecule has 0 heterocycles. The summed E-state index contributed by atoms with van der Waals surface area (Å²) in [5.74, 6) is 0. The van der Waals surface area contributed by atoms with Crippen LogP contribution in [0.5, 0.6) is 0 Å². The molecule has 1 rings (SSSR count). The molecule has 0 aromatic heterocycles. The molecule has 0 fully saturated rings. The molecule has 0 atom stereocenters. The summed E-state index contributed by atoms with van der Waals surface area (Å²) in [5, 5.41) is 8.89. The molecule has 104 valence electrons. The lowest BCUT2D eigenvalue weighted by atomic mass is 10.2. The topological polar surface area (TPSA) is 45.5 Å². The van der Waals surface area contributed by atoms with Crippen LogP contribution < -0.4 is 4.90 Å². The number of rotatable bonds is 8. The fraction of sp³-hybridized carbons (Fsp3) is 0.500. The molecular weight excluding hydrogens is 308 g/mol. The summed E-state index contributed by atoms with van der Waals surface area (Å²) >= 11 is 3.52. The predicted octanol–water partition coefficient (Wildman–Crippen LogP) is 2.81. The molecule has 1 aromatic carbocycles. The zero-order chi connectivity index (χ0) is 14.1. The van der Waals surface area contributed by atoms with Gasteiger partial charge in [0, 0.05) is 38.4 Å². The Labute approximate surface area is 123 Å². The average molecular weight is 327 g/mol. The first-order valence-electron chi connectivity index (χ1n) is 6.15. The Kier molecular flexibility index (Phi) is 7.49. The van der Waals surface area contributed by atoms with E-state index in [4.69, 9.17) is 14.7 Å². The van der Waals surface area contributed by atoms with Crippen LogP contribution in [-0.2, 0) is 9.47 Å². The summed E-state index contributed by atoms with van der Waals surface area (Å²) in [5.41, 5.74) is 1.73. The first kappa shape index (κ1) is 16.0. The van der Waals surface area contributed by atoms with Crippen molar-refractivity contribution in [2.45, 2.75) is 6.42 Å². The second-order valence-electron chi connectivity index (χ2n) is 4.10. The van der Waals surface area contributed by atoms with Gasteiger partial charge in [-0.2, -0.15) is 5.26 Å². The first-order valence-corrected chi connectivity index (χ1v) is 6.94. The third-order valence-electron chi connectivity index (χ3n) is 2.76. The first-order chi connectivity index (χ1) is 9.22. The summed E-state index contributed by atoms with van der Waals surface area (Å²) < 4.78 is 11.2. The van der Waals surface area contributed by atoms with Gasteiger partial charge >= 0.3 is 0 Å². The molecule has 0 aliphatic rings. The molecule has 0 spiro atoms. The van der Waals surface area contributed by atoms with Crippen LogP contribution >= 0.6 is 15.9 Å². The van der Waals surface area contributed by atoms with Crippen LogP contribution in [0.3, 0.4) is 0 Å². The molecule has 0 bridgehead atoms. The number of ether oxygens (including phenoxy) is 2. The van der Waals surface area contributed by atoms with E-state index in [1.807, 2.05) is 18.2 Å². The van der Waals surface area contributed by atoms with Gasteiger partial charge in [0.05, 0.1) is 23.9 Å². The minimum Gasteiger partial charge on any atom is -0.385 e. The molecule has 19 heavy (non-hydrogen) atoms. The van der Waals surface area contributed by atoms with Gasteiger partial charge in [-0.15, -0.1) is 0 Å².